The molecule has 0 fully saturated rings. The monoisotopic (exact) mass is 802 g/mol. The number of rotatable bonds is 8. The van der Waals surface area contributed by atoms with Crippen molar-refractivity contribution in [3.63, 3.8) is 0 Å². The van der Waals surface area contributed by atoms with Crippen molar-refractivity contribution >= 4 is 38.9 Å². The molecule has 1 unspecified atom stereocenters. The Balaban J connectivity index is 1.13. The van der Waals surface area contributed by atoms with Gasteiger partial charge in [-0.2, -0.15) is 0 Å². The maximum atomic E-state index is 2.47. The molecular weight excluding hydrogens is 761 g/mol. The van der Waals surface area contributed by atoms with Gasteiger partial charge in [0.25, 0.3) is 0 Å². The van der Waals surface area contributed by atoms with Crippen LogP contribution in [0.25, 0.3) is 60.9 Å². The van der Waals surface area contributed by atoms with Gasteiger partial charge in [-0.25, -0.2) is 0 Å². The molecule has 0 saturated carbocycles. The summed E-state index contributed by atoms with van der Waals surface area (Å²) in [5, 5.41) is 2.45. The van der Waals surface area contributed by atoms with E-state index in [2.05, 4.69) is 264 Å². The summed E-state index contributed by atoms with van der Waals surface area (Å²) in [4.78, 5) is 2.44. The summed E-state index contributed by atoms with van der Waals surface area (Å²) < 4.78 is 2.46. The van der Waals surface area contributed by atoms with Crippen LogP contribution in [-0.4, -0.2) is 4.57 Å². The van der Waals surface area contributed by atoms with Crippen molar-refractivity contribution in [2.75, 3.05) is 4.90 Å². The van der Waals surface area contributed by atoms with Crippen LogP contribution in [0.2, 0.25) is 0 Å². The molecule has 0 radical (unpaired) electrons. The standard InChI is InChI=1S/C61H42N2/c1-5-21-43(22-6-1)49-29-13-17-33-55(49)61(45-25-9-3-10-26-45)56-34-18-14-31-51(56)52-39-37-47(41-57(52)61)62(46-27-11-4-12-28-46)48-38-40-54-53-32-16-20-36-59(53)63(60(54)42-48)58-35-19-15-30-50(58)44-23-7-2-8-24-44/h1-42H. The van der Waals surface area contributed by atoms with E-state index in [0.29, 0.717) is 0 Å². The molecule has 0 aliphatic heterocycles. The van der Waals surface area contributed by atoms with Gasteiger partial charge < -0.3 is 9.47 Å². The third-order valence-electron chi connectivity index (χ3n) is 13.1. The van der Waals surface area contributed by atoms with Crippen LogP contribution in [-0.2, 0) is 5.41 Å². The number of hydrogen-bond acceptors (Lipinski definition) is 1. The Kier molecular flexibility index (Phi) is 8.76. The molecule has 2 nitrogen and oxygen atoms in total. The van der Waals surface area contributed by atoms with Gasteiger partial charge in [0.2, 0.25) is 0 Å². The predicted octanol–water partition coefficient (Wildman–Crippen LogP) is 16.0. The molecule has 0 spiro atoms. The van der Waals surface area contributed by atoms with Crippen molar-refractivity contribution in [2.45, 2.75) is 5.41 Å². The van der Waals surface area contributed by atoms with Crippen molar-refractivity contribution in [1.82, 2.24) is 4.57 Å². The first-order valence-corrected chi connectivity index (χ1v) is 21.8. The molecule has 1 aromatic heterocycles. The molecule has 0 N–H and O–H groups in total. The van der Waals surface area contributed by atoms with Gasteiger partial charge >= 0.3 is 0 Å². The summed E-state index contributed by atoms with van der Waals surface area (Å²) in [6.45, 7) is 0. The SMILES string of the molecule is c1ccc(-c2ccccc2-n2c3ccccc3c3ccc(N(c4ccccc4)c4ccc5c(c4)C(c4ccccc4)(c4ccccc4-c4ccccc4)c4ccccc4-5)cc32)cc1. The van der Waals surface area contributed by atoms with Gasteiger partial charge in [0.05, 0.1) is 22.1 Å². The van der Waals surface area contributed by atoms with Crippen LogP contribution in [0.15, 0.2) is 255 Å². The van der Waals surface area contributed by atoms with Crippen LogP contribution in [0.3, 0.4) is 0 Å². The number of hydrogen-bond donors (Lipinski definition) is 0. The molecule has 1 atom stereocenters. The number of benzene rings is 10. The van der Waals surface area contributed by atoms with Crippen molar-refractivity contribution < 1.29 is 0 Å². The lowest BCUT2D eigenvalue weighted by molar-refractivity contribution is 0.770. The van der Waals surface area contributed by atoms with Crippen molar-refractivity contribution in [3.8, 4) is 39.1 Å². The number of aromatic nitrogens is 1. The lowest BCUT2D eigenvalue weighted by Gasteiger charge is -2.36. The lowest BCUT2D eigenvalue weighted by Crippen LogP contribution is -2.29. The average molecular weight is 803 g/mol. The van der Waals surface area contributed by atoms with Crippen molar-refractivity contribution in [1.29, 1.82) is 0 Å². The van der Waals surface area contributed by atoms with Gasteiger partial charge in [-0.05, 0) is 98.6 Å². The number of fused-ring (bicyclic) bond motifs is 6. The van der Waals surface area contributed by atoms with Crippen LogP contribution in [0.4, 0.5) is 17.1 Å². The fourth-order valence-electron chi connectivity index (χ4n) is 10.4. The van der Waals surface area contributed by atoms with E-state index < -0.39 is 5.41 Å². The molecule has 11 aromatic rings. The Morgan fingerprint density at radius 3 is 1.52 bits per heavy atom. The zero-order valence-electron chi connectivity index (χ0n) is 34.6. The van der Waals surface area contributed by atoms with Crippen LogP contribution in [0.1, 0.15) is 22.3 Å². The summed E-state index contributed by atoms with van der Waals surface area (Å²) in [7, 11) is 0. The molecule has 1 aliphatic rings. The Labute approximate surface area is 368 Å². The average Bonchev–Trinajstić information content (AvgIpc) is 3.85. The van der Waals surface area contributed by atoms with Crippen LogP contribution in [0, 0.1) is 0 Å². The third-order valence-corrected chi connectivity index (χ3v) is 13.1. The first kappa shape index (κ1) is 36.6. The minimum atomic E-state index is -0.602. The second-order valence-electron chi connectivity index (χ2n) is 16.4. The van der Waals surface area contributed by atoms with E-state index in [0.717, 1.165) is 28.3 Å². The van der Waals surface area contributed by atoms with Crippen LogP contribution < -0.4 is 4.90 Å². The van der Waals surface area contributed by atoms with E-state index in [1.165, 1.54) is 71.9 Å². The fourth-order valence-corrected chi connectivity index (χ4v) is 10.4. The van der Waals surface area contributed by atoms with Gasteiger partial charge in [-0.1, -0.05) is 206 Å². The molecule has 0 amide bonds. The number of anilines is 3. The first-order chi connectivity index (χ1) is 31.3. The van der Waals surface area contributed by atoms with Crippen molar-refractivity contribution in [3.05, 3.63) is 277 Å². The van der Waals surface area contributed by atoms with E-state index >= 15 is 0 Å². The van der Waals surface area contributed by atoms with E-state index in [1.807, 2.05) is 0 Å². The van der Waals surface area contributed by atoms with Gasteiger partial charge in [0.15, 0.2) is 0 Å². The minimum Gasteiger partial charge on any atom is -0.310 e. The molecule has 10 aromatic carbocycles. The molecular formula is C61H42N2. The highest BCUT2D eigenvalue weighted by molar-refractivity contribution is 6.11. The second-order valence-corrected chi connectivity index (χ2v) is 16.4. The minimum absolute atomic E-state index is 0.602. The molecule has 12 rings (SSSR count). The summed E-state index contributed by atoms with van der Waals surface area (Å²) in [6, 6.07) is 93.4. The zero-order chi connectivity index (χ0) is 41.7. The Morgan fingerprint density at radius 1 is 0.302 bits per heavy atom. The molecule has 0 bridgehead atoms. The Morgan fingerprint density at radius 2 is 0.794 bits per heavy atom. The predicted molar refractivity (Wildman–Crippen MR) is 264 cm³/mol. The Bertz CT molecular complexity index is 3440. The van der Waals surface area contributed by atoms with Gasteiger partial charge in [-0.15, -0.1) is 0 Å². The highest BCUT2D eigenvalue weighted by Crippen LogP contribution is 2.59. The molecule has 2 heteroatoms. The molecule has 63 heavy (non-hydrogen) atoms. The molecule has 1 aliphatic carbocycles. The summed E-state index contributed by atoms with van der Waals surface area (Å²) in [5.41, 5.74) is 18.5. The maximum absolute atomic E-state index is 2.47. The molecule has 296 valence electrons. The quantitative estimate of drug-likeness (QED) is 0.149. The van der Waals surface area contributed by atoms with E-state index in [1.54, 1.807) is 0 Å². The molecule has 1 heterocycles. The second kappa shape index (κ2) is 15.1. The smallest absolute Gasteiger partial charge is 0.0720 e. The summed E-state index contributed by atoms with van der Waals surface area (Å²) >= 11 is 0. The third kappa shape index (κ3) is 5.80. The summed E-state index contributed by atoms with van der Waals surface area (Å²) in [6.07, 6.45) is 0. The number of para-hydroxylation sites is 3. The maximum Gasteiger partial charge on any atom is 0.0720 e. The highest BCUT2D eigenvalue weighted by atomic mass is 15.1. The zero-order valence-corrected chi connectivity index (χ0v) is 34.6. The summed E-state index contributed by atoms with van der Waals surface area (Å²) in [5.74, 6) is 0. The van der Waals surface area contributed by atoms with Gasteiger partial charge in [-0.3, -0.25) is 0 Å². The van der Waals surface area contributed by atoms with Crippen LogP contribution >= 0.6 is 0 Å². The fraction of sp³-hybridized carbons (Fsp3) is 0.0164. The van der Waals surface area contributed by atoms with Crippen molar-refractivity contribution in [2.24, 2.45) is 0 Å². The Hall–Kier alpha value is -8.20. The van der Waals surface area contributed by atoms with E-state index in [9.17, 15) is 0 Å². The number of nitrogens with zero attached hydrogens (tertiary/aromatic N) is 2. The normalized spacial score (nSPS) is 14.1. The topological polar surface area (TPSA) is 8.17 Å². The van der Waals surface area contributed by atoms with E-state index in [-0.39, 0.29) is 0 Å². The largest absolute Gasteiger partial charge is 0.310 e. The van der Waals surface area contributed by atoms with Gasteiger partial charge in [0.1, 0.15) is 0 Å². The lowest BCUT2D eigenvalue weighted by atomic mass is 9.66. The first-order valence-electron chi connectivity index (χ1n) is 21.8. The van der Waals surface area contributed by atoms with E-state index in [4.69, 9.17) is 0 Å². The van der Waals surface area contributed by atoms with Crippen LogP contribution in [0.5, 0.6) is 0 Å². The highest BCUT2D eigenvalue weighted by Gasteiger charge is 2.47. The molecule has 0 saturated heterocycles. The van der Waals surface area contributed by atoms with Gasteiger partial charge in [0, 0.05) is 33.4 Å².